The van der Waals surface area contributed by atoms with Crippen LogP contribution in [0.5, 0.6) is 0 Å². The number of rotatable bonds is 47. The van der Waals surface area contributed by atoms with E-state index in [9.17, 15) is 19.0 Å². The zero-order valence-electron chi connectivity index (χ0n) is 40.3. The molecule has 0 aromatic rings. The summed E-state index contributed by atoms with van der Waals surface area (Å²) in [5, 5.41) is 8.93. The molecule has 3 unspecified atom stereocenters. The summed E-state index contributed by atoms with van der Waals surface area (Å²) in [6.07, 6.45) is 62.0. The van der Waals surface area contributed by atoms with Crippen molar-refractivity contribution in [1.29, 1.82) is 0 Å². The number of carboxylic acid groups (broad SMARTS) is 1. The fraction of sp³-hybridized carbons (Fsp3) is 0.698. The second-order valence-corrected chi connectivity index (χ2v) is 18.0. The number of carbonyl (C=O) groups excluding carboxylic acids is 1. The summed E-state index contributed by atoms with van der Waals surface area (Å²) in [6, 6.07) is -1.48. The van der Waals surface area contributed by atoms with Gasteiger partial charge in [-0.2, -0.15) is 0 Å². The van der Waals surface area contributed by atoms with E-state index in [0.29, 0.717) is 13.0 Å². The summed E-state index contributed by atoms with van der Waals surface area (Å²) in [7, 11) is -4.63. The number of carboxylic acids is 1. The van der Waals surface area contributed by atoms with Crippen molar-refractivity contribution in [3.8, 4) is 0 Å². The van der Waals surface area contributed by atoms with Crippen LogP contribution in [0.15, 0.2) is 85.1 Å². The minimum absolute atomic E-state index is 0.00375. The molecule has 64 heavy (non-hydrogen) atoms. The lowest BCUT2D eigenvalue weighted by atomic mass is 10.1. The topological polar surface area (TPSA) is 155 Å². The van der Waals surface area contributed by atoms with E-state index in [4.69, 9.17) is 29.4 Å². The van der Waals surface area contributed by atoms with Gasteiger partial charge in [-0.1, -0.05) is 189 Å². The van der Waals surface area contributed by atoms with Gasteiger partial charge in [-0.25, -0.2) is 4.57 Å². The minimum Gasteiger partial charge on any atom is -0.480 e. The number of unbranched alkanes of at least 4 members (excludes halogenated alkanes) is 19. The van der Waals surface area contributed by atoms with Crippen LogP contribution in [0.2, 0.25) is 0 Å². The maximum absolute atomic E-state index is 12.7. The largest absolute Gasteiger partial charge is 0.480 e. The fourth-order valence-electron chi connectivity index (χ4n) is 6.54. The Balaban J connectivity index is 4.21. The highest BCUT2D eigenvalue weighted by Gasteiger charge is 2.27. The third-order valence-electron chi connectivity index (χ3n) is 10.4. The maximum Gasteiger partial charge on any atom is 0.472 e. The molecule has 0 aliphatic heterocycles. The van der Waals surface area contributed by atoms with Gasteiger partial charge in [-0.05, 0) is 89.9 Å². The molecule has 0 heterocycles. The highest BCUT2D eigenvalue weighted by molar-refractivity contribution is 7.47. The highest BCUT2D eigenvalue weighted by Crippen LogP contribution is 2.43. The number of carbonyl (C=O) groups is 2. The number of allylic oxidation sites excluding steroid dienone is 14. The van der Waals surface area contributed by atoms with E-state index in [1.807, 2.05) is 0 Å². The van der Waals surface area contributed by atoms with Gasteiger partial charge in [0.15, 0.2) is 0 Å². The number of phosphoric ester groups is 1. The first kappa shape index (κ1) is 61.1. The molecule has 3 atom stereocenters. The first-order valence-corrected chi connectivity index (χ1v) is 26.6. The van der Waals surface area contributed by atoms with Crippen LogP contribution in [0.25, 0.3) is 0 Å². The van der Waals surface area contributed by atoms with E-state index in [1.54, 1.807) is 0 Å². The summed E-state index contributed by atoms with van der Waals surface area (Å²) in [6.45, 7) is 3.73. The van der Waals surface area contributed by atoms with Gasteiger partial charge in [0.2, 0.25) is 0 Å². The molecular weight excluding hydrogens is 826 g/mol. The van der Waals surface area contributed by atoms with Crippen LogP contribution in [0.3, 0.4) is 0 Å². The molecule has 0 aliphatic rings. The Labute approximate surface area is 390 Å². The predicted octanol–water partition coefficient (Wildman–Crippen LogP) is 14.7. The number of hydrogen-bond acceptors (Lipinski definition) is 8. The van der Waals surface area contributed by atoms with Gasteiger partial charge in [-0.3, -0.25) is 18.6 Å². The van der Waals surface area contributed by atoms with E-state index in [1.165, 1.54) is 83.5 Å². The molecule has 10 nitrogen and oxygen atoms in total. The SMILES string of the molecule is CC/C=C\C/C=C\C/C=C\C/C=C\C/C=C\CCCCCCCCCC(=O)OC(COCCCCCCCCCC/C=C\C/C=C\CCCCCC)COP(=O)(O)OCC(N)C(=O)O. The van der Waals surface area contributed by atoms with Gasteiger partial charge in [0, 0.05) is 13.0 Å². The zero-order valence-corrected chi connectivity index (χ0v) is 41.2. The molecule has 0 rings (SSSR count). The standard InChI is InChI=1S/C53H92NO9P/c1-3-5-7-9-11-13-15-17-19-21-23-24-25-26-27-29-31-33-35-37-39-41-43-45-52(55)63-50(48-61-64(58,59)62-49-51(54)53(56)57)47-60-46-44-42-40-38-36-34-32-30-28-22-20-18-16-14-12-10-8-6-4-2/h5,7,11,13-14,16-17,19-20,22-24,26-27,50-51H,3-4,6,8-10,12,15,18,21,25,28-49,54H2,1-2H3,(H,56,57)(H,58,59)/b7-5-,13-11-,16-14-,19-17-,22-20-,24-23-,27-26-. The number of ether oxygens (including phenoxy) is 2. The van der Waals surface area contributed by atoms with Crippen molar-refractivity contribution in [1.82, 2.24) is 0 Å². The van der Waals surface area contributed by atoms with Crippen LogP contribution >= 0.6 is 7.82 Å². The number of phosphoric acid groups is 1. The first-order chi connectivity index (χ1) is 31.2. The van der Waals surface area contributed by atoms with E-state index in [-0.39, 0.29) is 13.0 Å². The van der Waals surface area contributed by atoms with Crippen molar-refractivity contribution in [3.05, 3.63) is 85.1 Å². The summed E-state index contributed by atoms with van der Waals surface area (Å²) < 4.78 is 33.5. The Bertz CT molecular complexity index is 1340. The molecule has 11 heteroatoms. The van der Waals surface area contributed by atoms with Gasteiger partial charge >= 0.3 is 19.8 Å². The zero-order chi connectivity index (χ0) is 46.9. The Morgan fingerprint density at radius 2 is 0.906 bits per heavy atom. The van der Waals surface area contributed by atoms with Crippen LogP contribution in [0, 0.1) is 0 Å². The van der Waals surface area contributed by atoms with Crippen LogP contribution < -0.4 is 5.73 Å². The molecule has 0 saturated heterocycles. The smallest absolute Gasteiger partial charge is 0.472 e. The summed E-state index contributed by atoms with van der Waals surface area (Å²) in [5.74, 6) is -1.80. The normalized spacial score (nSPS) is 14.4. The Morgan fingerprint density at radius 1 is 0.516 bits per heavy atom. The van der Waals surface area contributed by atoms with Crippen LogP contribution in [0.1, 0.15) is 200 Å². The van der Waals surface area contributed by atoms with E-state index in [0.717, 1.165) is 89.9 Å². The Morgan fingerprint density at radius 3 is 1.36 bits per heavy atom. The molecule has 0 spiro atoms. The van der Waals surface area contributed by atoms with Gasteiger partial charge < -0.3 is 25.2 Å². The highest BCUT2D eigenvalue weighted by atomic mass is 31.2. The average molecular weight is 918 g/mol. The van der Waals surface area contributed by atoms with Gasteiger partial charge in [0.25, 0.3) is 0 Å². The molecule has 4 N–H and O–H groups in total. The second-order valence-electron chi connectivity index (χ2n) is 16.6. The van der Waals surface area contributed by atoms with Crippen LogP contribution in [-0.4, -0.2) is 60.5 Å². The van der Waals surface area contributed by atoms with E-state index in [2.05, 4.69) is 98.9 Å². The van der Waals surface area contributed by atoms with Crippen molar-refractivity contribution in [2.75, 3.05) is 26.4 Å². The molecule has 0 aromatic heterocycles. The summed E-state index contributed by atoms with van der Waals surface area (Å²) in [4.78, 5) is 33.7. The Hall–Kier alpha value is -2.85. The number of aliphatic carboxylic acids is 1. The molecule has 368 valence electrons. The van der Waals surface area contributed by atoms with E-state index >= 15 is 0 Å². The molecule has 0 aromatic carbocycles. The lowest BCUT2D eigenvalue weighted by Gasteiger charge is -2.20. The van der Waals surface area contributed by atoms with Crippen LogP contribution in [-0.2, 0) is 32.7 Å². The van der Waals surface area contributed by atoms with Gasteiger partial charge in [0.05, 0.1) is 19.8 Å². The predicted molar refractivity (Wildman–Crippen MR) is 267 cm³/mol. The quantitative estimate of drug-likeness (QED) is 0.0233. The lowest BCUT2D eigenvalue weighted by molar-refractivity contribution is -0.154. The van der Waals surface area contributed by atoms with Crippen molar-refractivity contribution in [2.24, 2.45) is 5.73 Å². The van der Waals surface area contributed by atoms with Gasteiger partial charge in [-0.15, -0.1) is 0 Å². The molecule has 0 fully saturated rings. The number of esters is 1. The van der Waals surface area contributed by atoms with Crippen molar-refractivity contribution >= 4 is 19.8 Å². The van der Waals surface area contributed by atoms with Crippen molar-refractivity contribution < 1.29 is 42.7 Å². The van der Waals surface area contributed by atoms with Crippen LogP contribution in [0.4, 0.5) is 0 Å². The summed E-state index contributed by atoms with van der Waals surface area (Å²) in [5.41, 5.74) is 5.37. The third kappa shape index (κ3) is 47.1. The number of hydrogen-bond donors (Lipinski definition) is 3. The Kier molecular flexibility index (Phi) is 46.0. The number of nitrogens with two attached hydrogens (primary N) is 1. The van der Waals surface area contributed by atoms with Crippen molar-refractivity contribution in [2.45, 2.75) is 212 Å². The molecule has 0 saturated carbocycles. The maximum atomic E-state index is 12.7. The monoisotopic (exact) mass is 918 g/mol. The molecule has 0 bridgehead atoms. The average Bonchev–Trinajstić information content (AvgIpc) is 3.28. The second kappa shape index (κ2) is 48.1. The lowest BCUT2D eigenvalue weighted by Crippen LogP contribution is -2.34. The third-order valence-corrected chi connectivity index (χ3v) is 11.4. The summed E-state index contributed by atoms with van der Waals surface area (Å²) >= 11 is 0. The van der Waals surface area contributed by atoms with Crippen molar-refractivity contribution in [3.63, 3.8) is 0 Å². The molecule has 0 amide bonds. The van der Waals surface area contributed by atoms with Gasteiger partial charge in [0.1, 0.15) is 12.1 Å². The molecule has 0 radical (unpaired) electrons. The fourth-order valence-corrected chi connectivity index (χ4v) is 7.32. The van der Waals surface area contributed by atoms with E-state index < -0.39 is 45.1 Å². The first-order valence-electron chi connectivity index (χ1n) is 25.1. The minimum atomic E-state index is -4.63. The molecular formula is C53H92NO9P. The molecule has 0 aliphatic carbocycles.